The van der Waals surface area contributed by atoms with Crippen molar-refractivity contribution in [3.8, 4) is 0 Å². The fourth-order valence-corrected chi connectivity index (χ4v) is 2.17. The summed E-state index contributed by atoms with van der Waals surface area (Å²) in [6.45, 7) is 8.55. The van der Waals surface area contributed by atoms with Gasteiger partial charge in [-0.15, -0.1) is 5.43 Å². The quantitative estimate of drug-likeness (QED) is 0.697. The molecule has 1 saturated heterocycles. The normalized spacial score (nSPS) is 29.8. The molecule has 100 valence electrons. The van der Waals surface area contributed by atoms with E-state index in [1.165, 1.54) is 6.42 Å². The Hall–Kier alpha value is -0.680. The predicted molar refractivity (Wildman–Crippen MR) is 67.2 cm³/mol. The highest BCUT2D eigenvalue weighted by atomic mass is 16.5. The minimum Gasteiger partial charge on any atom is -0.378 e. The van der Waals surface area contributed by atoms with Crippen molar-refractivity contribution in [3.63, 3.8) is 0 Å². The van der Waals surface area contributed by atoms with Crippen LogP contribution in [-0.2, 0) is 4.74 Å². The molecule has 1 rings (SSSR count). The van der Waals surface area contributed by atoms with Crippen LogP contribution in [0.2, 0.25) is 0 Å². The van der Waals surface area contributed by atoms with Gasteiger partial charge in [0.15, 0.2) is 6.17 Å². The molecule has 5 unspecified atom stereocenters. The number of methoxy groups -OCH3 is 1. The molecule has 5 heteroatoms. The molecule has 0 aliphatic carbocycles. The van der Waals surface area contributed by atoms with Gasteiger partial charge in [-0.05, 0) is 18.3 Å². The summed E-state index contributed by atoms with van der Waals surface area (Å²) in [4.78, 5) is 12.2. The van der Waals surface area contributed by atoms with Crippen molar-refractivity contribution < 1.29 is 9.61 Å². The number of ether oxygens (including phenoxy) is 1. The summed E-state index contributed by atoms with van der Waals surface area (Å²) in [7, 11) is 1.70. The highest BCUT2D eigenvalue weighted by molar-refractivity contribution is 4.78. The number of hydrazine groups is 1. The molecule has 0 aromatic heterocycles. The predicted octanol–water partition coefficient (Wildman–Crippen LogP) is 1.63. The van der Waals surface area contributed by atoms with Gasteiger partial charge < -0.3 is 4.74 Å². The molecule has 5 atom stereocenters. The zero-order valence-corrected chi connectivity index (χ0v) is 11.6. The van der Waals surface area contributed by atoms with Crippen molar-refractivity contribution >= 4 is 0 Å². The van der Waals surface area contributed by atoms with Gasteiger partial charge in [0.25, 0.3) is 6.17 Å². The van der Waals surface area contributed by atoms with Gasteiger partial charge in [0.1, 0.15) is 4.87 Å². The summed E-state index contributed by atoms with van der Waals surface area (Å²) in [5.41, 5.74) is 2.86. The Morgan fingerprint density at radius 3 is 2.41 bits per heavy atom. The highest BCUT2D eigenvalue weighted by Crippen LogP contribution is 2.22. The van der Waals surface area contributed by atoms with Crippen LogP contribution >= 0.6 is 0 Å². The largest absolute Gasteiger partial charge is 0.378 e. The fourth-order valence-electron chi connectivity index (χ4n) is 2.17. The Morgan fingerprint density at radius 1 is 1.35 bits per heavy atom. The van der Waals surface area contributed by atoms with Crippen LogP contribution in [0.1, 0.15) is 40.5 Å². The van der Waals surface area contributed by atoms with Gasteiger partial charge in [0.2, 0.25) is 0 Å². The first-order chi connectivity index (χ1) is 7.99. The van der Waals surface area contributed by atoms with Crippen LogP contribution in [-0.4, -0.2) is 30.4 Å². The number of hydrogen-bond donors (Lipinski definition) is 2. The van der Waals surface area contributed by atoms with Crippen molar-refractivity contribution in [3.05, 3.63) is 4.91 Å². The van der Waals surface area contributed by atoms with Crippen molar-refractivity contribution in [2.45, 2.75) is 59.0 Å². The van der Waals surface area contributed by atoms with Crippen LogP contribution in [0.3, 0.4) is 0 Å². The molecular weight excluding hydrogens is 218 g/mol. The van der Waals surface area contributed by atoms with E-state index in [1.807, 2.05) is 6.92 Å². The Labute approximate surface area is 104 Å². The monoisotopic (exact) mass is 244 g/mol. The first-order valence-corrected chi connectivity index (χ1v) is 6.50. The number of hydrogen-bond acceptors (Lipinski definition) is 3. The average molecular weight is 244 g/mol. The summed E-state index contributed by atoms with van der Waals surface area (Å²) >= 11 is 0. The Morgan fingerprint density at radius 2 is 2.00 bits per heavy atom. The van der Waals surface area contributed by atoms with E-state index in [0.717, 1.165) is 11.3 Å². The third kappa shape index (κ3) is 3.64. The number of nitrogens with one attached hydrogen (secondary N) is 2. The molecule has 0 aromatic carbocycles. The molecule has 1 heterocycles. The van der Waals surface area contributed by atoms with E-state index in [-0.39, 0.29) is 18.4 Å². The number of rotatable bonds is 6. The molecule has 5 nitrogen and oxygen atoms in total. The van der Waals surface area contributed by atoms with E-state index in [9.17, 15) is 4.91 Å². The van der Waals surface area contributed by atoms with Gasteiger partial charge >= 0.3 is 0 Å². The molecule has 0 amide bonds. The maximum atomic E-state index is 11.4. The average Bonchev–Trinajstić information content (AvgIpc) is 2.64. The SMILES string of the molecule is CCC(C)C(C)CC(OC)C1NC(C)[N+](=O)N1. The minimum absolute atomic E-state index is 0.0281. The van der Waals surface area contributed by atoms with Crippen LogP contribution < -0.4 is 10.7 Å². The molecule has 0 bridgehead atoms. The molecule has 1 aliphatic rings. The summed E-state index contributed by atoms with van der Waals surface area (Å²) < 4.78 is 5.51. The van der Waals surface area contributed by atoms with Crippen LogP contribution in [0.4, 0.5) is 0 Å². The van der Waals surface area contributed by atoms with Gasteiger partial charge in [-0.1, -0.05) is 27.2 Å². The molecule has 0 spiro atoms. The van der Waals surface area contributed by atoms with Gasteiger partial charge in [0, 0.05) is 14.0 Å². The van der Waals surface area contributed by atoms with Gasteiger partial charge in [-0.25, -0.2) is 5.32 Å². The fraction of sp³-hybridized carbons (Fsp3) is 1.00. The topological polar surface area (TPSA) is 53.4 Å². The first-order valence-electron chi connectivity index (χ1n) is 6.50. The van der Waals surface area contributed by atoms with E-state index in [4.69, 9.17) is 4.74 Å². The third-order valence-corrected chi connectivity index (χ3v) is 3.93. The molecule has 17 heavy (non-hydrogen) atoms. The zero-order valence-electron chi connectivity index (χ0n) is 11.6. The van der Waals surface area contributed by atoms with Gasteiger partial charge in [-0.3, -0.25) is 0 Å². The van der Waals surface area contributed by atoms with Crippen molar-refractivity contribution in [1.82, 2.24) is 10.7 Å². The van der Waals surface area contributed by atoms with Crippen LogP contribution in [0.15, 0.2) is 0 Å². The lowest BCUT2D eigenvalue weighted by molar-refractivity contribution is -0.620. The Balaban J connectivity index is 2.51. The molecular formula is C12H26N3O2+. The molecule has 1 aliphatic heterocycles. The lowest BCUT2D eigenvalue weighted by atomic mass is 9.88. The Kier molecular flexibility index (Phi) is 5.33. The van der Waals surface area contributed by atoms with Crippen molar-refractivity contribution in [2.24, 2.45) is 11.8 Å². The number of nitrogens with zero attached hydrogens (tertiary/aromatic N) is 1. The van der Waals surface area contributed by atoms with Crippen molar-refractivity contribution in [2.75, 3.05) is 7.11 Å². The zero-order chi connectivity index (χ0) is 13.0. The van der Waals surface area contributed by atoms with Gasteiger partial charge in [0.05, 0.1) is 11.0 Å². The summed E-state index contributed by atoms with van der Waals surface area (Å²) in [5.74, 6) is 1.26. The molecule has 0 saturated carbocycles. The maximum absolute atomic E-state index is 11.4. The molecule has 2 N–H and O–H groups in total. The van der Waals surface area contributed by atoms with E-state index >= 15 is 0 Å². The standard InChI is InChI=1S/C12H26N3O2/c1-6-8(2)9(3)7-11(17-5)12-13-10(4)15(16)14-12/h8-13H,6-7H2,1-5H3,(H,14,16)/q+1. The third-order valence-electron chi connectivity index (χ3n) is 3.93. The molecule has 0 aromatic rings. The minimum atomic E-state index is -0.198. The van der Waals surface area contributed by atoms with Crippen LogP contribution in [0, 0.1) is 16.7 Å². The van der Waals surface area contributed by atoms with Gasteiger partial charge in [-0.2, -0.15) is 0 Å². The number of nitroso groups, excluding NO2 is 1. The van der Waals surface area contributed by atoms with Crippen molar-refractivity contribution in [1.29, 1.82) is 0 Å². The van der Waals surface area contributed by atoms with E-state index in [0.29, 0.717) is 11.8 Å². The van der Waals surface area contributed by atoms with E-state index < -0.39 is 0 Å². The smallest absolute Gasteiger partial charge is 0.286 e. The summed E-state index contributed by atoms with van der Waals surface area (Å²) in [6, 6.07) is 0. The lowest BCUT2D eigenvalue weighted by Gasteiger charge is -2.25. The molecule has 1 fully saturated rings. The van der Waals surface area contributed by atoms with Crippen LogP contribution in [0.5, 0.6) is 0 Å². The van der Waals surface area contributed by atoms with Crippen LogP contribution in [0.25, 0.3) is 0 Å². The molecule has 0 radical (unpaired) electrons. The summed E-state index contributed by atoms with van der Waals surface area (Å²) in [6.07, 6.45) is 1.88. The van der Waals surface area contributed by atoms with E-state index in [1.54, 1.807) is 7.11 Å². The second-order valence-corrected chi connectivity index (χ2v) is 5.15. The lowest BCUT2D eigenvalue weighted by Crippen LogP contribution is -2.46. The van der Waals surface area contributed by atoms with E-state index in [2.05, 4.69) is 31.5 Å². The second-order valence-electron chi connectivity index (χ2n) is 5.15. The second kappa shape index (κ2) is 6.31. The maximum Gasteiger partial charge on any atom is 0.286 e. The first kappa shape index (κ1) is 14.4. The highest BCUT2D eigenvalue weighted by Gasteiger charge is 2.40. The summed E-state index contributed by atoms with van der Waals surface area (Å²) in [5, 5.41) is 3.19. The Bertz CT molecular complexity index is 260.